The molecule has 0 aliphatic rings. The summed E-state index contributed by atoms with van der Waals surface area (Å²) < 4.78 is 41.3. The zero-order valence-electron chi connectivity index (χ0n) is 12.6. The van der Waals surface area contributed by atoms with Gasteiger partial charge >= 0.3 is 12.3 Å². The van der Waals surface area contributed by atoms with Crippen LogP contribution in [0.15, 0.2) is 0 Å². The molecule has 0 fully saturated rings. The molecule has 1 atom stereocenters. The van der Waals surface area contributed by atoms with Crippen LogP contribution in [-0.2, 0) is 4.74 Å². The minimum Gasteiger partial charge on any atom is -0.444 e. The van der Waals surface area contributed by atoms with E-state index in [0.29, 0.717) is 6.42 Å². The first-order valence-corrected chi connectivity index (χ1v) is 6.80. The maximum absolute atomic E-state index is 12.1. The van der Waals surface area contributed by atoms with E-state index >= 15 is 0 Å². The first-order valence-electron chi connectivity index (χ1n) is 6.80. The monoisotopic (exact) mass is 298 g/mol. The number of carbonyl (C=O) groups excluding carboxylic acids is 1. The Bertz CT molecular complexity index is 288. The van der Waals surface area contributed by atoms with Crippen molar-refractivity contribution in [2.75, 3.05) is 13.1 Å². The van der Waals surface area contributed by atoms with Crippen molar-refractivity contribution in [1.29, 1.82) is 0 Å². The van der Waals surface area contributed by atoms with Gasteiger partial charge in [-0.1, -0.05) is 19.8 Å². The fraction of sp³-hybridized carbons (Fsp3) is 0.923. The van der Waals surface area contributed by atoms with Gasteiger partial charge in [0.15, 0.2) is 0 Å². The third-order valence-corrected chi connectivity index (χ3v) is 2.34. The van der Waals surface area contributed by atoms with Crippen LogP contribution in [0.3, 0.4) is 0 Å². The number of alkyl carbamates (subject to hydrolysis) is 1. The molecule has 0 aliphatic carbocycles. The van der Waals surface area contributed by atoms with Gasteiger partial charge in [0.1, 0.15) is 5.60 Å². The van der Waals surface area contributed by atoms with Crippen molar-refractivity contribution < 1.29 is 22.7 Å². The number of hydrogen-bond donors (Lipinski definition) is 2. The number of ether oxygens (including phenoxy) is 1. The highest BCUT2D eigenvalue weighted by atomic mass is 19.4. The molecule has 0 unspecified atom stereocenters. The highest BCUT2D eigenvalue weighted by molar-refractivity contribution is 5.68. The predicted molar refractivity (Wildman–Crippen MR) is 71.6 cm³/mol. The standard InChI is InChI=1S/C13H25F3N2O2/c1-5-6-7-10(8-17-9-13(14,15)16)18-11(19)20-12(2,3)4/h10,17H,5-9H2,1-4H3,(H,18,19)/t10-/m0/s1. The molecule has 4 nitrogen and oxygen atoms in total. The highest BCUT2D eigenvalue weighted by Crippen LogP contribution is 2.12. The van der Waals surface area contributed by atoms with Crippen LogP contribution in [0.4, 0.5) is 18.0 Å². The van der Waals surface area contributed by atoms with E-state index in [-0.39, 0.29) is 12.6 Å². The van der Waals surface area contributed by atoms with Gasteiger partial charge in [-0.05, 0) is 27.2 Å². The third kappa shape index (κ3) is 12.1. The van der Waals surface area contributed by atoms with E-state index in [1.807, 2.05) is 6.92 Å². The predicted octanol–water partition coefficient (Wildman–Crippen LogP) is 3.22. The largest absolute Gasteiger partial charge is 0.444 e. The molecule has 0 spiro atoms. The van der Waals surface area contributed by atoms with Crippen molar-refractivity contribution in [3.63, 3.8) is 0 Å². The molecule has 0 saturated carbocycles. The van der Waals surface area contributed by atoms with Gasteiger partial charge in [0, 0.05) is 12.6 Å². The van der Waals surface area contributed by atoms with Crippen molar-refractivity contribution in [3.05, 3.63) is 0 Å². The molecule has 0 aliphatic heterocycles. The molecular weight excluding hydrogens is 273 g/mol. The zero-order valence-corrected chi connectivity index (χ0v) is 12.6. The molecule has 120 valence electrons. The smallest absolute Gasteiger partial charge is 0.407 e. The van der Waals surface area contributed by atoms with E-state index in [9.17, 15) is 18.0 Å². The lowest BCUT2D eigenvalue weighted by Crippen LogP contribution is -2.45. The molecule has 20 heavy (non-hydrogen) atoms. The number of hydrogen-bond acceptors (Lipinski definition) is 3. The molecule has 2 N–H and O–H groups in total. The Kier molecular flexibility index (Phi) is 7.93. The van der Waals surface area contributed by atoms with Crippen LogP contribution in [0.5, 0.6) is 0 Å². The summed E-state index contributed by atoms with van der Waals surface area (Å²) in [6.07, 6.45) is -2.51. The van der Waals surface area contributed by atoms with Crippen LogP contribution in [0.2, 0.25) is 0 Å². The summed E-state index contributed by atoms with van der Waals surface area (Å²) in [5, 5.41) is 4.91. The molecule has 0 aromatic rings. The molecule has 1 amide bonds. The summed E-state index contributed by atoms with van der Waals surface area (Å²) in [7, 11) is 0. The highest BCUT2D eigenvalue weighted by Gasteiger charge is 2.27. The van der Waals surface area contributed by atoms with Crippen LogP contribution in [0.25, 0.3) is 0 Å². The minimum absolute atomic E-state index is 0.0682. The summed E-state index contributed by atoms with van der Waals surface area (Å²) in [4.78, 5) is 11.6. The van der Waals surface area contributed by atoms with Crippen LogP contribution in [0.1, 0.15) is 47.0 Å². The SMILES string of the molecule is CCCC[C@@H](CNCC(F)(F)F)NC(=O)OC(C)(C)C. The maximum atomic E-state index is 12.1. The van der Waals surface area contributed by atoms with Crippen molar-refractivity contribution in [1.82, 2.24) is 10.6 Å². The van der Waals surface area contributed by atoms with E-state index in [2.05, 4.69) is 10.6 Å². The van der Waals surface area contributed by atoms with Gasteiger partial charge in [-0.15, -0.1) is 0 Å². The molecule has 0 aromatic carbocycles. The van der Waals surface area contributed by atoms with Crippen LogP contribution in [0, 0.1) is 0 Å². The van der Waals surface area contributed by atoms with Gasteiger partial charge in [-0.2, -0.15) is 13.2 Å². The molecule has 0 rings (SSSR count). The third-order valence-electron chi connectivity index (χ3n) is 2.34. The molecule has 7 heteroatoms. The van der Waals surface area contributed by atoms with Crippen LogP contribution in [-0.4, -0.2) is 37.0 Å². The van der Waals surface area contributed by atoms with Crippen LogP contribution >= 0.6 is 0 Å². The van der Waals surface area contributed by atoms with Gasteiger partial charge < -0.3 is 15.4 Å². The average molecular weight is 298 g/mol. The van der Waals surface area contributed by atoms with Gasteiger partial charge in [0.05, 0.1) is 6.54 Å². The fourth-order valence-electron chi connectivity index (χ4n) is 1.54. The number of nitrogens with one attached hydrogen (secondary N) is 2. The van der Waals surface area contributed by atoms with Crippen molar-refractivity contribution in [2.45, 2.75) is 64.8 Å². The van der Waals surface area contributed by atoms with E-state index in [4.69, 9.17) is 4.74 Å². The normalized spacial score (nSPS) is 13.9. The van der Waals surface area contributed by atoms with E-state index in [1.165, 1.54) is 0 Å². The Hall–Kier alpha value is -0.980. The molecule has 0 radical (unpaired) electrons. The second-order valence-electron chi connectivity index (χ2n) is 5.73. The van der Waals surface area contributed by atoms with Crippen molar-refractivity contribution >= 4 is 6.09 Å². The molecular formula is C13H25F3N2O2. The lowest BCUT2D eigenvalue weighted by Gasteiger charge is -2.24. The zero-order chi connectivity index (χ0) is 15.8. The molecule has 0 bridgehead atoms. The topological polar surface area (TPSA) is 50.4 Å². The summed E-state index contributed by atoms with van der Waals surface area (Å²) in [5.41, 5.74) is -0.626. The van der Waals surface area contributed by atoms with Gasteiger partial charge in [-0.25, -0.2) is 4.79 Å². The first kappa shape index (κ1) is 19.0. The van der Waals surface area contributed by atoms with Gasteiger partial charge in [0.25, 0.3) is 0 Å². The minimum atomic E-state index is -4.25. The average Bonchev–Trinajstić information content (AvgIpc) is 2.21. The van der Waals surface area contributed by atoms with Gasteiger partial charge in [0.2, 0.25) is 0 Å². The quantitative estimate of drug-likeness (QED) is 0.758. The number of halogens is 3. The maximum Gasteiger partial charge on any atom is 0.407 e. The summed E-state index contributed by atoms with van der Waals surface area (Å²) in [6, 6.07) is -0.368. The number of rotatable bonds is 7. The van der Waals surface area contributed by atoms with Crippen LogP contribution < -0.4 is 10.6 Å². The molecule has 0 saturated heterocycles. The Morgan fingerprint density at radius 2 is 1.85 bits per heavy atom. The number of amides is 1. The van der Waals surface area contributed by atoms with E-state index in [1.54, 1.807) is 20.8 Å². The first-order chi connectivity index (χ1) is 9.03. The summed E-state index contributed by atoms with van der Waals surface area (Å²) in [5.74, 6) is 0. The Morgan fingerprint density at radius 3 is 2.30 bits per heavy atom. The number of unbranched alkanes of at least 4 members (excludes halogenated alkanes) is 1. The Labute approximate surface area is 118 Å². The lowest BCUT2D eigenvalue weighted by atomic mass is 10.1. The second-order valence-corrected chi connectivity index (χ2v) is 5.73. The fourth-order valence-corrected chi connectivity index (χ4v) is 1.54. The second kappa shape index (κ2) is 8.34. The number of carbonyl (C=O) groups is 1. The Morgan fingerprint density at radius 1 is 1.25 bits per heavy atom. The van der Waals surface area contributed by atoms with Gasteiger partial charge in [-0.3, -0.25) is 0 Å². The summed E-state index contributed by atoms with van der Waals surface area (Å²) in [6.45, 7) is 6.18. The van der Waals surface area contributed by atoms with Crippen molar-refractivity contribution in [2.24, 2.45) is 0 Å². The molecule has 0 aromatic heterocycles. The lowest BCUT2D eigenvalue weighted by molar-refractivity contribution is -0.124. The molecule has 0 heterocycles. The van der Waals surface area contributed by atoms with E-state index < -0.39 is 24.4 Å². The Balaban J connectivity index is 4.23. The van der Waals surface area contributed by atoms with E-state index in [0.717, 1.165) is 12.8 Å². The number of alkyl halides is 3. The summed E-state index contributed by atoms with van der Waals surface area (Å²) >= 11 is 0. The van der Waals surface area contributed by atoms with Crippen molar-refractivity contribution in [3.8, 4) is 0 Å².